The van der Waals surface area contributed by atoms with Crippen LogP contribution in [0.15, 0.2) is 4.52 Å². The van der Waals surface area contributed by atoms with Crippen molar-refractivity contribution in [1.82, 2.24) is 25.7 Å². The first-order valence-corrected chi connectivity index (χ1v) is 9.67. The third-order valence-electron chi connectivity index (χ3n) is 5.11. The number of nitrogens with zero attached hydrogens (tertiary/aromatic N) is 3. The molecule has 1 saturated carbocycles. The molecule has 0 bridgehead atoms. The van der Waals surface area contributed by atoms with Crippen LogP contribution < -0.4 is 10.6 Å². The predicted octanol–water partition coefficient (Wildman–Crippen LogP) is 1.18. The third kappa shape index (κ3) is 5.02. The van der Waals surface area contributed by atoms with Crippen molar-refractivity contribution in [3.05, 3.63) is 11.7 Å². The molecule has 0 radical (unpaired) electrons. The molecule has 26 heavy (non-hydrogen) atoms. The van der Waals surface area contributed by atoms with Crippen molar-refractivity contribution < 1.29 is 14.1 Å². The summed E-state index contributed by atoms with van der Waals surface area (Å²) in [5.74, 6) is 1.23. The summed E-state index contributed by atoms with van der Waals surface area (Å²) in [5, 5.41) is 10.8. The maximum absolute atomic E-state index is 12.8. The van der Waals surface area contributed by atoms with Gasteiger partial charge in [0.2, 0.25) is 11.8 Å². The van der Waals surface area contributed by atoms with Crippen LogP contribution in [0.1, 0.15) is 56.7 Å². The van der Waals surface area contributed by atoms with Crippen LogP contribution in [-0.2, 0) is 21.6 Å². The summed E-state index contributed by atoms with van der Waals surface area (Å²) < 4.78 is 10.9. The summed E-state index contributed by atoms with van der Waals surface area (Å²) in [4.78, 5) is 19.4. The second kappa shape index (κ2) is 8.92. The molecule has 8 nitrogen and oxygen atoms in total. The van der Waals surface area contributed by atoms with Gasteiger partial charge in [0.25, 0.3) is 0 Å². The summed E-state index contributed by atoms with van der Waals surface area (Å²) in [7, 11) is 3.93. The largest absolute Gasteiger partial charge is 0.378 e. The number of carbonyl (C=O) groups excluding carboxylic acids is 1. The Balaban J connectivity index is 1.72. The number of hydrogen-bond acceptors (Lipinski definition) is 7. The molecule has 1 aliphatic heterocycles. The molecule has 0 aromatic carbocycles. The van der Waals surface area contributed by atoms with E-state index in [0.29, 0.717) is 37.9 Å². The molecule has 1 aliphatic carbocycles. The highest BCUT2D eigenvalue weighted by Gasteiger charge is 2.39. The van der Waals surface area contributed by atoms with E-state index in [1.807, 2.05) is 19.0 Å². The van der Waals surface area contributed by atoms with E-state index in [4.69, 9.17) is 9.26 Å². The Hall–Kier alpha value is -1.51. The molecule has 3 rings (SSSR count). The minimum atomic E-state index is -0.517. The Bertz CT molecular complexity index is 575. The van der Waals surface area contributed by atoms with Crippen LogP contribution in [0, 0.1) is 0 Å². The van der Waals surface area contributed by atoms with Crippen molar-refractivity contribution in [2.24, 2.45) is 0 Å². The average Bonchev–Trinajstić information content (AvgIpc) is 2.94. The van der Waals surface area contributed by atoms with E-state index in [1.54, 1.807) is 0 Å². The highest BCUT2D eigenvalue weighted by Crippen LogP contribution is 2.34. The van der Waals surface area contributed by atoms with Crippen molar-refractivity contribution in [3.8, 4) is 0 Å². The lowest BCUT2D eigenvalue weighted by Gasteiger charge is -2.32. The summed E-state index contributed by atoms with van der Waals surface area (Å²) in [6.07, 6.45) is 6.59. The van der Waals surface area contributed by atoms with Crippen molar-refractivity contribution >= 4 is 5.91 Å². The lowest BCUT2D eigenvalue weighted by atomic mass is 9.88. The molecule has 2 heterocycles. The summed E-state index contributed by atoms with van der Waals surface area (Å²) in [6, 6.07) is 0.0705. The minimum absolute atomic E-state index is 0.0221. The summed E-state index contributed by atoms with van der Waals surface area (Å²) in [5.41, 5.74) is -0.517. The standard InChI is InChI=1S/C18H31N5O3/c1-23(2)12-16-20-17(22-26-16)18(7-5-3-4-6-8-18)21-15(24)11-14-13-25-10-9-19-14/h14,19H,3-13H2,1-2H3,(H,21,24). The van der Waals surface area contributed by atoms with E-state index in [2.05, 4.69) is 20.8 Å². The Labute approximate surface area is 155 Å². The topological polar surface area (TPSA) is 92.5 Å². The normalized spacial score (nSPS) is 23.6. The van der Waals surface area contributed by atoms with Gasteiger partial charge in [0.1, 0.15) is 5.54 Å². The molecule has 1 saturated heterocycles. The highest BCUT2D eigenvalue weighted by atomic mass is 16.5. The molecule has 8 heteroatoms. The van der Waals surface area contributed by atoms with E-state index < -0.39 is 5.54 Å². The fourth-order valence-corrected chi connectivity index (χ4v) is 3.81. The maximum atomic E-state index is 12.8. The van der Waals surface area contributed by atoms with Gasteiger partial charge in [-0.1, -0.05) is 30.8 Å². The first kappa shape index (κ1) is 19.3. The van der Waals surface area contributed by atoms with Gasteiger partial charge in [-0.15, -0.1) is 0 Å². The van der Waals surface area contributed by atoms with E-state index in [1.165, 1.54) is 12.8 Å². The SMILES string of the molecule is CN(C)Cc1nc(C2(NC(=O)CC3COCCN3)CCCCCC2)no1. The zero-order chi connectivity index (χ0) is 18.4. The van der Waals surface area contributed by atoms with Gasteiger partial charge < -0.3 is 24.8 Å². The molecule has 0 spiro atoms. The van der Waals surface area contributed by atoms with Gasteiger partial charge in [-0.25, -0.2) is 0 Å². The maximum Gasteiger partial charge on any atom is 0.240 e. The van der Waals surface area contributed by atoms with Crippen molar-refractivity contribution in [3.63, 3.8) is 0 Å². The number of ether oxygens (including phenoxy) is 1. The number of amides is 1. The molecule has 1 amide bonds. The van der Waals surface area contributed by atoms with Gasteiger partial charge in [-0.3, -0.25) is 4.79 Å². The molecule has 1 unspecified atom stereocenters. The van der Waals surface area contributed by atoms with Crippen LogP contribution in [0.25, 0.3) is 0 Å². The monoisotopic (exact) mass is 365 g/mol. The first-order valence-electron chi connectivity index (χ1n) is 9.67. The van der Waals surface area contributed by atoms with E-state index in [9.17, 15) is 4.79 Å². The number of carbonyl (C=O) groups is 1. The lowest BCUT2D eigenvalue weighted by Crippen LogP contribution is -2.50. The van der Waals surface area contributed by atoms with Gasteiger partial charge >= 0.3 is 0 Å². The molecule has 2 fully saturated rings. The molecule has 1 aromatic rings. The molecule has 146 valence electrons. The van der Waals surface area contributed by atoms with Crippen LogP contribution in [0.5, 0.6) is 0 Å². The fourth-order valence-electron chi connectivity index (χ4n) is 3.81. The number of aromatic nitrogens is 2. The summed E-state index contributed by atoms with van der Waals surface area (Å²) in [6.45, 7) is 2.68. The van der Waals surface area contributed by atoms with E-state index in [-0.39, 0.29) is 11.9 Å². The quantitative estimate of drug-likeness (QED) is 0.731. The van der Waals surface area contributed by atoms with Crippen LogP contribution in [0.4, 0.5) is 0 Å². The Kier molecular flexibility index (Phi) is 6.61. The Morgan fingerprint density at radius 2 is 2.08 bits per heavy atom. The zero-order valence-corrected chi connectivity index (χ0v) is 15.9. The first-order chi connectivity index (χ1) is 12.6. The van der Waals surface area contributed by atoms with Crippen LogP contribution >= 0.6 is 0 Å². The average molecular weight is 365 g/mol. The number of rotatable bonds is 6. The van der Waals surface area contributed by atoms with Crippen LogP contribution in [-0.4, -0.2) is 60.8 Å². The number of nitrogens with one attached hydrogen (secondary N) is 2. The fraction of sp³-hybridized carbons (Fsp3) is 0.833. The Morgan fingerprint density at radius 1 is 1.31 bits per heavy atom. The van der Waals surface area contributed by atoms with Gasteiger partial charge in [0.05, 0.1) is 19.8 Å². The van der Waals surface area contributed by atoms with Crippen molar-refractivity contribution in [2.45, 2.75) is 63.1 Å². The number of morpholine rings is 1. The molecule has 2 N–H and O–H groups in total. The molecule has 2 aliphatic rings. The van der Waals surface area contributed by atoms with Gasteiger partial charge in [-0.05, 0) is 26.9 Å². The number of hydrogen-bond donors (Lipinski definition) is 2. The molecular weight excluding hydrogens is 334 g/mol. The second-order valence-corrected chi connectivity index (χ2v) is 7.72. The smallest absolute Gasteiger partial charge is 0.240 e. The lowest BCUT2D eigenvalue weighted by molar-refractivity contribution is -0.124. The second-order valence-electron chi connectivity index (χ2n) is 7.72. The van der Waals surface area contributed by atoms with Crippen molar-refractivity contribution in [1.29, 1.82) is 0 Å². The molecule has 1 aromatic heterocycles. The van der Waals surface area contributed by atoms with E-state index >= 15 is 0 Å². The van der Waals surface area contributed by atoms with Crippen LogP contribution in [0.2, 0.25) is 0 Å². The van der Waals surface area contributed by atoms with E-state index in [0.717, 1.165) is 32.2 Å². The Morgan fingerprint density at radius 3 is 2.73 bits per heavy atom. The van der Waals surface area contributed by atoms with Gasteiger partial charge in [-0.2, -0.15) is 4.98 Å². The van der Waals surface area contributed by atoms with Crippen molar-refractivity contribution in [2.75, 3.05) is 33.9 Å². The third-order valence-corrected chi connectivity index (χ3v) is 5.11. The minimum Gasteiger partial charge on any atom is -0.378 e. The van der Waals surface area contributed by atoms with Gasteiger partial charge in [0, 0.05) is 19.0 Å². The highest BCUT2D eigenvalue weighted by molar-refractivity contribution is 5.77. The molecular formula is C18H31N5O3. The van der Waals surface area contributed by atoms with Gasteiger partial charge in [0.15, 0.2) is 5.82 Å². The summed E-state index contributed by atoms with van der Waals surface area (Å²) >= 11 is 0. The molecule has 1 atom stereocenters. The predicted molar refractivity (Wildman–Crippen MR) is 96.4 cm³/mol. The van der Waals surface area contributed by atoms with Crippen LogP contribution in [0.3, 0.4) is 0 Å². The zero-order valence-electron chi connectivity index (χ0n) is 15.9.